The van der Waals surface area contributed by atoms with Gasteiger partial charge < -0.3 is 5.32 Å². The molecule has 0 aliphatic carbocycles. The number of hydrogen-bond acceptors (Lipinski definition) is 4. The predicted molar refractivity (Wildman–Crippen MR) is 97.4 cm³/mol. The van der Waals surface area contributed by atoms with Crippen molar-refractivity contribution < 1.29 is 9.72 Å². The molecule has 0 saturated heterocycles. The molecule has 1 heterocycles. The number of carbonyl (C=O) groups excluding carboxylic acids is 1. The summed E-state index contributed by atoms with van der Waals surface area (Å²) in [7, 11) is 0. The van der Waals surface area contributed by atoms with E-state index in [1.54, 1.807) is 17.8 Å². The Morgan fingerprint density at radius 1 is 1.23 bits per heavy atom. The van der Waals surface area contributed by atoms with Crippen LogP contribution < -0.4 is 5.32 Å². The zero-order valence-electron chi connectivity index (χ0n) is 14.3. The Labute approximate surface area is 150 Å². The maximum absolute atomic E-state index is 12.2. The molecule has 3 aromatic rings. The van der Waals surface area contributed by atoms with Gasteiger partial charge in [-0.1, -0.05) is 18.2 Å². The highest BCUT2D eigenvalue weighted by Gasteiger charge is 2.13. The molecule has 0 unspecified atom stereocenters. The lowest BCUT2D eigenvalue weighted by Gasteiger charge is -2.05. The van der Waals surface area contributed by atoms with Gasteiger partial charge in [0.15, 0.2) is 0 Å². The van der Waals surface area contributed by atoms with Crippen molar-refractivity contribution in [2.24, 2.45) is 0 Å². The average Bonchev–Trinajstić information content (AvgIpc) is 3.11. The van der Waals surface area contributed by atoms with Crippen LogP contribution in [-0.4, -0.2) is 27.2 Å². The van der Waals surface area contributed by atoms with Crippen molar-refractivity contribution in [2.75, 3.05) is 6.54 Å². The van der Waals surface area contributed by atoms with Gasteiger partial charge in [-0.05, 0) is 43.2 Å². The van der Waals surface area contributed by atoms with Gasteiger partial charge in [-0.25, -0.2) is 4.68 Å². The Hall–Kier alpha value is -3.48. The first-order valence-corrected chi connectivity index (χ1v) is 8.17. The number of para-hydroxylation sites is 1. The molecule has 7 nitrogen and oxygen atoms in total. The van der Waals surface area contributed by atoms with Crippen LogP contribution in [0.2, 0.25) is 0 Å². The molecular formula is C19H18N4O3. The lowest BCUT2D eigenvalue weighted by Crippen LogP contribution is -2.25. The summed E-state index contributed by atoms with van der Waals surface area (Å²) in [5.41, 5.74) is 2.87. The summed E-state index contributed by atoms with van der Waals surface area (Å²) in [6.45, 7) is 2.07. The number of amides is 1. The quantitative estimate of drug-likeness (QED) is 0.546. The minimum absolute atomic E-state index is 0.00914. The van der Waals surface area contributed by atoms with Crippen LogP contribution in [0.1, 0.15) is 21.5 Å². The Kier molecular flexibility index (Phi) is 5.07. The first kappa shape index (κ1) is 17.3. The van der Waals surface area contributed by atoms with Gasteiger partial charge in [0, 0.05) is 29.9 Å². The largest absolute Gasteiger partial charge is 0.352 e. The third kappa shape index (κ3) is 3.94. The van der Waals surface area contributed by atoms with Gasteiger partial charge in [0.25, 0.3) is 11.6 Å². The SMILES string of the molecule is Cc1cc(C(=O)NCCc2cnn(-c3ccccc3)c2)ccc1[N+](=O)[O-]. The molecule has 0 fully saturated rings. The standard InChI is InChI=1S/C19H18N4O3/c1-14-11-16(7-8-18(14)23(25)26)19(24)20-10-9-15-12-21-22(13-15)17-5-3-2-4-6-17/h2-8,11-13H,9-10H2,1H3,(H,20,24). The van der Waals surface area contributed by atoms with Crippen molar-refractivity contribution in [3.8, 4) is 5.69 Å². The van der Waals surface area contributed by atoms with Crippen molar-refractivity contribution in [2.45, 2.75) is 13.3 Å². The summed E-state index contributed by atoms with van der Waals surface area (Å²) < 4.78 is 1.79. The molecule has 1 N–H and O–H groups in total. The highest BCUT2D eigenvalue weighted by molar-refractivity contribution is 5.94. The lowest BCUT2D eigenvalue weighted by molar-refractivity contribution is -0.385. The summed E-state index contributed by atoms with van der Waals surface area (Å²) in [5, 5.41) is 18.0. The number of nitrogens with one attached hydrogen (secondary N) is 1. The van der Waals surface area contributed by atoms with Crippen LogP contribution >= 0.6 is 0 Å². The zero-order valence-corrected chi connectivity index (χ0v) is 14.3. The molecule has 0 bridgehead atoms. The van der Waals surface area contributed by atoms with Crippen LogP contribution in [0.4, 0.5) is 5.69 Å². The van der Waals surface area contributed by atoms with Crippen LogP contribution in [0.15, 0.2) is 60.9 Å². The van der Waals surface area contributed by atoms with Crippen molar-refractivity contribution in [3.05, 3.63) is 87.7 Å². The lowest BCUT2D eigenvalue weighted by atomic mass is 10.1. The van der Waals surface area contributed by atoms with Gasteiger partial charge in [0.05, 0.1) is 16.8 Å². The van der Waals surface area contributed by atoms with Gasteiger partial charge >= 0.3 is 0 Å². The minimum Gasteiger partial charge on any atom is -0.352 e. The Morgan fingerprint density at radius 3 is 2.69 bits per heavy atom. The number of nitro groups is 1. The monoisotopic (exact) mass is 350 g/mol. The fourth-order valence-electron chi connectivity index (χ4n) is 2.64. The average molecular weight is 350 g/mol. The van der Waals surface area contributed by atoms with E-state index in [2.05, 4.69) is 10.4 Å². The second kappa shape index (κ2) is 7.60. The van der Waals surface area contributed by atoms with E-state index in [4.69, 9.17) is 0 Å². The highest BCUT2D eigenvalue weighted by Crippen LogP contribution is 2.18. The van der Waals surface area contributed by atoms with Crippen LogP contribution in [-0.2, 0) is 6.42 Å². The molecule has 2 aromatic carbocycles. The number of rotatable bonds is 6. The number of aromatic nitrogens is 2. The molecule has 0 aliphatic rings. The second-order valence-electron chi connectivity index (χ2n) is 5.89. The van der Waals surface area contributed by atoms with Crippen molar-refractivity contribution in [3.63, 3.8) is 0 Å². The molecule has 0 aliphatic heterocycles. The number of carbonyl (C=O) groups is 1. The molecule has 26 heavy (non-hydrogen) atoms. The van der Waals surface area contributed by atoms with E-state index in [0.29, 0.717) is 24.1 Å². The van der Waals surface area contributed by atoms with Crippen LogP contribution in [0, 0.1) is 17.0 Å². The number of benzene rings is 2. The second-order valence-corrected chi connectivity index (χ2v) is 5.89. The van der Waals surface area contributed by atoms with E-state index in [1.807, 2.05) is 36.5 Å². The molecule has 0 atom stereocenters. The van der Waals surface area contributed by atoms with E-state index >= 15 is 0 Å². The highest BCUT2D eigenvalue weighted by atomic mass is 16.6. The fraction of sp³-hybridized carbons (Fsp3) is 0.158. The normalized spacial score (nSPS) is 10.5. The first-order valence-electron chi connectivity index (χ1n) is 8.17. The van der Waals surface area contributed by atoms with Gasteiger partial charge in [0.2, 0.25) is 0 Å². The number of nitrogens with zero attached hydrogens (tertiary/aromatic N) is 3. The number of aryl methyl sites for hydroxylation is 1. The summed E-state index contributed by atoms with van der Waals surface area (Å²) in [5.74, 6) is -0.251. The van der Waals surface area contributed by atoms with E-state index < -0.39 is 4.92 Å². The molecule has 3 rings (SSSR count). The topological polar surface area (TPSA) is 90.1 Å². The fourth-order valence-corrected chi connectivity index (χ4v) is 2.64. The molecule has 0 radical (unpaired) electrons. The molecule has 1 aromatic heterocycles. The van der Waals surface area contributed by atoms with Crippen molar-refractivity contribution in [1.82, 2.24) is 15.1 Å². The number of hydrogen-bond donors (Lipinski definition) is 1. The Balaban J connectivity index is 1.57. The first-order chi connectivity index (χ1) is 12.5. The molecular weight excluding hydrogens is 332 g/mol. The Morgan fingerprint density at radius 2 is 2.00 bits per heavy atom. The molecule has 7 heteroatoms. The summed E-state index contributed by atoms with van der Waals surface area (Å²) >= 11 is 0. The van der Waals surface area contributed by atoms with E-state index in [1.165, 1.54) is 18.2 Å². The smallest absolute Gasteiger partial charge is 0.272 e. The van der Waals surface area contributed by atoms with Crippen molar-refractivity contribution in [1.29, 1.82) is 0 Å². The molecule has 0 spiro atoms. The third-order valence-electron chi connectivity index (χ3n) is 4.01. The number of nitro benzene ring substituents is 1. The van der Waals surface area contributed by atoms with Gasteiger partial charge in [-0.3, -0.25) is 14.9 Å². The molecule has 1 amide bonds. The summed E-state index contributed by atoms with van der Waals surface area (Å²) in [6.07, 6.45) is 4.34. The zero-order chi connectivity index (χ0) is 18.5. The Bertz CT molecular complexity index is 935. The molecule has 0 saturated carbocycles. The van der Waals surface area contributed by atoms with Gasteiger partial charge in [-0.2, -0.15) is 5.10 Å². The van der Waals surface area contributed by atoms with Crippen LogP contribution in [0.3, 0.4) is 0 Å². The molecule has 132 valence electrons. The predicted octanol–water partition coefficient (Wildman–Crippen LogP) is 3.06. The van der Waals surface area contributed by atoms with E-state index in [0.717, 1.165) is 11.3 Å². The van der Waals surface area contributed by atoms with E-state index in [-0.39, 0.29) is 11.6 Å². The van der Waals surface area contributed by atoms with Gasteiger partial charge in [-0.15, -0.1) is 0 Å². The summed E-state index contributed by atoms with van der Waals surface area (Å²) in [6, 6.07) is 14.1. The van der Waals surface area contributed by atoms with E-state index in [9.17, 15) is 14.9 Å². The van der Waals surface area contributed by atoms with Crippen LogP contribution in [0.5, 0.6) is 0 Å². The minimum atomic E-state index is -0.457. The van der Waals surface area contributed by atoms with Crippen molar-refractivity contribution >= 4 is 11.6 Å². The third-order valence-corrected chi connectivity index (χ3v) is 4.01. The van der Waals surface area contributed by atoms with Crippen LogP contribution in [0.25, 0.3) is 5.69 Å². The maximum Gasteiger partial charge on any atom is 0.272 e. The van der Waals surface area contributed by atoms with Gasteiger partial charge in [0.1, 0.15) is 0 Å². The maximum atomic E-state index is 12.2. The summed E-state index contributed by atoms with van der Waals surface area (Å²) in [4.78, 5) is 22.6.